The molecule has 2 heterocycles. The van der Waals surface area contributed by atoms with Crippen molar-refractivity contribution >= 4 is 17.5 Å². The van der Waals surface area contributed by atoms with Gasteiger partial charge in [-0.2, -0.15) is 0 Å². The lowest BCUT2D eigenvalue weighted by molar-refractivity contribution is -0.128. The second kappa shape index (κ2) is 4.72. The Morgan fingerprint density at radius 1 is 1.47 bits per heavy atom. The van der Waals surface area contributed by atoms with Gasteiger partial charge >= 0.3 is 0 Å². The van der Waals surface area contributed by atoms with Gasteiger partial charge in [0.25, 0.3) is 0 Å². The van der Waals surface area contributed by atoms with Crippen molar-refractivity contribution in [1.82, 2.24) is 9.97 Å². The molecule has 0 aliphatic carbocycles. The van der Waals surface area contributed by atoms with E-state index in [4.69, 9.17) is 4.74 Å². The smallest absolute Gasteiger partial charge is 0.187 e. The number of aromatic nitrogens is 2. The van der Waals surface area contributed by atoms with Crippen molar-refractivity contribution in [1.29, 1.82) is 0 Å². The Labute approximate surface area is 92.5 Å². The zero-order chi connectivity index (χ0) is 10.7. The van der Waals surface area contributed by atoms with E-state index < -0.39 is 0 Å². The first-order valence-electron chi connectivity index (χ1n) is 4.79. The molecule has 1 aromatic heterocycles. The molecule has 1 aliphatic heterocycles. The molecule has 1 fully saturated rings. The van der Waals surface area contributed by atoms with E-state index in [2.05, 4.69) is 9.97 Å². The fourth-order valence-corrected chi connectivity index (χ4v) is 1.81. The average molecular weight is 224 g/mol. The second-order valence-corrected chi connectivity index (χ2v) is 4.13. The number of hydrogen-bond acceptors (Lipinski definition) is 5. The Morgan fingerprint density at radius 3 is 2.80 bits per heavy atom. The summed E-state index contributed by atoms with van der Waals surface area (Å²) in [5, 5.41) is 0.737. The van der Waals surface area contributed by atoms with E-state index in [9.17, 15) is 4.79 Å². The molecule has 5 heteroatoms. The summed E-state index contributed by atoms with van der Waals surface area (Å²) in [5.74, 6) is 0.250. The minimum atomic E-state index is -0.151. The Kier molecular flexibility index (Phi) is 3.33. The van der Waals surface area contributed by atoms with Gasteiger partial charge in [0.05, 0.1) is 12.7 Å². The first-order chi connectivity index (χ1) is 7.29. The Morgan fingerprint density at radius 2 is 2.20 bits per heavy atom. The van der Waals surface area contributed by atoms with Crippen LogP contribution in [0.1, 0.15) is 24.5 Å². The van der Waals surface area contributed by atoms with E-state index in [1.807, 2.05) is 6.26 Å². The molecule has 1 saturated heterocycles. The Balaban J connectivity index is 2.11. The van der Waals surface area contributed by atoms with Crippen LogP contribution in [0.4, 0.5) is 0 Å². The third-order valence-corrected chi connectivity index (χ3v) is 2.89. The normalized spacial score (nSPS) is 21.7. The van der Waals surface area contributed by atoms with Crippen LogP contribution in [0.3, 0.4) is 0 Å². The van der Waals surface area contributed by atoms with Gasteiger partial charge < -0.3 is 4.74 Å². The van der Waals surface area contributed by atoms with E-state index in [0.29, 0.717) is 19.4 Å². The van der Waals surface area contributed by atoms with Gasteiger partial charge in [-0.05, 0) is 6.26 Å². The summed E-state index contributed by atoms with van der Waals surface area (Å²) >= 11 is 1.49. The highest BCUT2D eigenvalue weighted by Gasteiger charge is 2.22. The maximum atomic E-state index is 11.2. The maximum absolute atomic E-state index is 11.2. The van der Waals surface area contributed by atoms with Crippen molar-refractivity contribution in [2.45, 2.75) is 24.1 Å². The molecule has 2 rings (SSSR count). The summed E-state index contributed by atoms with van der Waals surface area (Å²) in [4.78, 5) is 19.6. The van der Waals surface area contributed by atoms with Crippen LogP contribution in [0.2, 0.25) is 0 Å². The van der Waals surface area contributed by atoms with Gasteiger partial charge in [0.1, 0.15) is 5.78 Å². The lowest BCUT2D eigenvalue weighted by Crippen LogP contribution is -2.19. The molecule has 0 bridgehead atoms. The van der Waals surface area contributed by atoms with Crippen LogP contribution >= 0.6 is 11.8 Å². The minimum Gasteiger partial charge on any atom is -0.372 e. The SMILES string of the molecule is CSc1ncc(C2CC(=O)CCO2)cn1. The van der Waals surface area contributed by atoms with Crippen LogP contribution in [0.15, 0.2) is 17.6 Å². The number of rotatable bonds is 2. The monoisotopic (exact) mass is 224 g/mol. The highest BCUT2D eigenvalue weighted by atomic mass is 32.2. The third kappa shape index (κ3) is 2.54. The van der Waals surface area contributed by atoms with Gasteiger partial charge in [-0.1, -0.05) is 11.8 Å². The predicted octanol–water partition coefficient (Wildman–Crippen LogP) is 1.62. The van der Waals surface area contributed by atoms with Crippen LogP contribution in [-0.2, 0) is 9.53 Å². The lowest BCUT2D eigenvalue weighted by Gasteiger charge is -2.21. The highest BCUT2D eigenvalue weighted by Crippen LogP contribution is 2.25. The minimum absolute atomic E-state index is 0.151. The molecule has 1 unspecified atom stereocenters. The van der Waals surface area contributed by atoms with Crippen LogP contribution in [0, 0.1) is 0 Å². The van der Waals surface area contributed by atoms with Gasteiger partial charge in [0, 0.05) is 30.8 Å². The first kappa shape index (κ1) is 10.6. The first-order valence-corrected chi connectivity index (χ1v) is 6.01. The largest absolute Gasteiger partial charge is 0.372 e. The van der Waals surface area contributed by atoms with Crippen molar-refractivity contribution in [3.05, 3.63) is 18.0 Å². The van der Waals surface area contributed by atoms with Crippen LogP contribution in [-0.4, -0.2) is 28.6 Å². The lowest BCUT2D eigenvalue weighted by atomic mass is 10.0. The summed E-state index contributed by atoms with van der Waals surface area (Å²) in [6.45, 7) is 0.508. The van der Waals surface area contributed by atoms with E-state index in [-0.39, 0.29) is 11.9 Å². The second-order valence-electron chi connectivity index (χ2n) is 3.36. The molecule has 1 aromatic rings. The molecule has 0 spiro atoms. The topological polar surface area (TPSA) is 52.1 Å². The molecule has 1 aliphatic rings. The van der Waals surface area contributed by atoms with Crippen molar-refractivity contribution in [3.8, 4) is 0 Å². The summed E-state index contributed by atoms with van der Waals surface area (Å²) in [6.07, 6.45) is 6.23. The fraction of sp³-hybridized carbons (Fsp3) is 0.500. The Bertz CT molecular complexity index is 353. The number of ether oxygens (including phenoxy) is 1. The fourth-order valence-electron chi connectivity index (χ4n) is 1.49. The van der Waals surface area contributed by atoms with Crippen molar-refractivity contribution < 1.29 is 9.53 Å². The quantitative estimate of drug-likeness (QED) is 0.564. The number of thioether (sulfide) groups is 1. The molecule has 0 aromatic carbocycles. The van der Waals surface area contributed by atoms with Crippen molar-refractivity contribution in [2.75, 3.05) is 12.9 Å². The van der Waals surface area contributed by atoms with Crippen LogP contribution < -0.4 is 0 Å². The van der Waals surface area contributed by atoms with Crippen molar-refractivity contribution in [3.63, 3.8) is 0 Å². The van der Waals surface area contributed by atoms with E-state index in [1.54, 1.807) is 12.4 Å². The number of nitrogens with zero attached hydrogens (tertiary/aromatic N) is 2. The molecule has 0 saturated carbocycles. The molecule has 1 atom stereocenters. The Hall–Kier alpha value is -0.940. The summed E-state index contributed by atoms with van der Waals surface area (Å²) in [5.41, 5.74) is 0.890. The van der Waals surface area contributed by atoms with Gasteiger partial charge in [0.2, 0.25) is 0 Å². The van der Waals surface area contributed by atoms with Gasteiger partial charge in [-0.15, -0.1) is 0 Å². The molecule has 0 N–H and O–H groups in total. The predicted molar refractivity (Wildman–Crippen MR) is 56.7 cm³/mol. The maximum Gasteiger partial charge on any atom is 0.187 e. The summed E-state index contributed by atoms with van der Waals surface area (Å²) in [7, 11) is 0. The number of carbonyl (C=O) groups is 1. The van der Waals surface area contributed by atoms with E-state index >= 15 is 0 Å². The molecule has 0 amide bonds. The zero-order valence-corrected chi connectivity index (χ0v) is 9.29. The third-order valence-electron chi connectivity index (χ3n) is 2.32. The van der Waals surface area contributed by atoms with Gasteiger partial charge in [0.15, 0.2) is 5.16 Å². The van der Waals surface area contributed by atoms with Crippen LogP contribution in [0.5, 0.6) is 0 Å². The summed E-state index contributed by atoms with van der Waals surface area (Å²) in [6, 6.07) is 0. The van der Waals surface area contributed by atoms with E-state index in [0.717, 1.165) is 10.7 Å². The standard InChI is InChI=1S/C10H12N2O2S/c1-15-10-11-5-7(6-12-10)9-4-8(13)2-3-14-9/h5-6,9H,2-4H2,1H3. The van der Waals surface area contributed by atoms with Gasteiger partial charge in [-0.25, -0.2) is 9.97 Å². The number of ketones is 1. The van der Waals surface area contributed by atoms with Gasteiger partial charge in [-0.3, -0.25) is 4.79 Å². The molecular weight excluding hydrogens is 212 g/mol. The number of Topliss-reactive ketones (excluding diaryl/α,β-unsaturated/α-hetero) is 1. The number of carbonyl (C=O) groups excluding carboxylic acids is 1. The molecule has 15 heavy (non-hydrogen) atoms. The number of hydrogen-bond donors (Lipinski definition) is 0. The molecule has 4 nitrogen and oxygen atoms in total. The summed E-state index contributed by atoms with van der Waals surface area (Å²) < 4.78 is 5.50. The molecule has 0 radical (unpaired) electrons. The zero-order valence-electron chi connectivity index (χ0n) is 8.47. The van der Waals surface area contributed by atoms with Crippen molar-refractivity contribution in [2.24, 2.45) is 0 Å². The average Bonchev–Trinajstić information content (AvgIpc) is 2.29. The molecular formula is C10H12N2O2S. The highest BCUT2D eigenvalue weighted by molar-refractivity contribution is 7.98. The van der Waals surface area contributed by atoms with Crippen LogP contribution in [0.25, 0.3) is 0 Å². The van der Waals surface area contributed by atoms with E-state index in [1.165, 1.54) is 11.8 Å². The molecule has 80 valence electrons.